The van der Waals surface area contributed by atoms with Gasteiger partial charge in [-0.2, -0.15) is 0 Å². The smallest absolute Gasteiger partial charge is 0.123 e. The molecular formula is C16H26N2O2. The average molecular weight is 278 g/mol. The van der Waals surface area contributed by atoms with E-state index in [0.717, 1.165) is 31.9 Å². The number of benzene rings is 1. The molecule has 0 amide bonds. The van der Waals surface area contributed by atoms with Crippen LogP contribution < -0.4 is 4.90 Å². The zero-order valence-corrected chi connectivity index (χ0v) is 12.7. The summed E-state index contributed by atoms with van der Waals surface area (Å²) in [7, 11) is 0. The van der Waals surface area contributed by atoms with Gasteiger partial charge in [-0.25, -0.2) is 0 Å². The van der Waals surface area contributed by atoms with E-state index in [1.54, 1.807) is 13.0 Å². The number of phenols is 1. The highest BCUT2D eigenvalue weighted by molar-refractivity contribution is 5.54. The Bertz CT molecular complexity index is 440. The van der Waals surface area contributed by atoms with Gasteiger partial charge in [0, 0.05) is 49.5 Å². The topological polar surface area (TPSA) is 46.9 Å². The normalized spacial score (nSPS) is 19.9. The van der Waals surface area contributed by atoms with Gasteiger partial charge in [0.15, 0.2) is 0 Å². The maximum absolute atomic E-state index is 9.97. The molecule has 4 heteroatoms. The van der Waals surface area contributed by atoms with Crippen LogP contribution in [-0.4, -0.2) is 47.3 Å². The molecule has 20 heavy (non-hydrogen) atoms. The molecule has 2 atom stereocenters. The molecule has 4 nitrogen and oxygen atoms in total. The molecule has 1 aliphatic rings. The Kier molecular flexibility index (Phi) is 4.89. The van der Waals surface area contributed by atoms with Gasteiger partial charge < -0.3 is 15.1 Å². The van der Waals surface area contributed by atoms with Crippen molar-refractivity contribution in [1.29, 1.82) is 0 Å². The van der Waals surface area contributed by atoms with Crippen molar-refractivity contribution in [1.82, 2.24) is 4.90 Å². The van der Waals surface area contributed by atoms with Crippen molar-refractivity contribution in [2.45, 2.75) is 39.3 Å². The van der Waals surface area contributed by atoms with Crippen molar-refractivity contribution in [3.63, 3.8) is 0 Å². The van der Waals surface area contributed by atoms with Crippen molar-refractivity contribution < 1.29 is 10.2 Å². The van der Waals surface area contributed by atoms with Crippen molar-refractivity contribution in [3.8, 4) is 5.75 Å². The van der Waals surface area contributed by atoms with Gasteiger partial charge in [0.25, 0.3) is 0 Å². The van der Waals surface area contributed by atoms with E-state index < -0.39 is 6.10 Å². The molecule has 0 bridgehead atoms. The third-order valence-corrected chi connectivity index (χ3v) is 4.36. The SMILES string of the molecule is CCC(C)N1CCN(c2ccc(C(C)O)c(O)c2)CC1. The number of phenolic OH excluding ortho intramolecular Hbond substituents is 1. The van der Waals surface area contributed by atoms with Gasteiger partial charge in [-0.05, 0) is 26.3 Å². The van der Waals surface area contributed by atoms with Gasteiger partial charge in [0.05, 0.1) is 6.10 Å². The lowest BCUT2D eigenvalue weighted by Crippen LogP contribution is -2.49. The molecule has 0 saturated carbocycles. The number of nitrogens with zero attached hydrogens (tertiary/aromatic N) is 2. The summed E-state index contributed by atoms with van der Waals surface area (Å²) in [6.07, 6.45) is 0.551. The summed E-state index contributed by atoms with van der Waals surface area (Å²) in [5.41, 5.74) is 1.63. The van der Waals surface area contributed by atoms with Crippen LogP contribution in [0.2, 0.25) is 0 Å². The van der Waals surface area contributed by atoms with Crippen LogP contribution in [0.3, 0.4) is 0 Å². The van der Waals surface area contributed by atoms with Crippen molar-refractivity contribution in [2.75, 3.05) is 31.1 Å². The Balaban J connectivity index is 2.02. The van der Waals surface area contributed by atoms with E-state index in [9.17, 15) is 10.2 Å². The minimum Gasteiger partial charge on any atom is -0.507 e. The Morgan fingerprint density at radius 2 is 1.80 bits per heavy atom. The molecule has 2 unspecified atom stereocenters. The lowest BCUT2D eigenvalue weighted by Gasteiger charge is -2.39. The summed E-state index contributed by atoms with van der Waals surface area (Å²) in [5, 5.41) is 19.5. The largest absolute Gasteiger partial charge is 0.507 e. The van der Waals surface area contributed by atoms with Crippen molar-refractivity contribution in [2.24, 2.45) is 0 Å². The highest BCUT2D eigenvalue weighted by Gasteiger charge is 2.21. The summed E-state index contributed by atoms with van der Waals surface area (Å²) in [4.78, 5) is 4.81. The first-order chi connectivity index (χ1) is 9.52. The average Bonchev–Trinajstić information content (AvgIpc) is 2.46. The third-order valence-electron chi connectivity index (χ3n) is 4.36. The van der Waals surface area contributed by atoms with Crippen LogP contribution in [0.25, 0.3) is 0 Å². The predicted molar refractivity (Wildman–Crippen MR) is 82.3 cm³/mol. The van der Waals surface area contributed by atoms with Gasteiger partial charge in [-0.1, -0.05) is 13.0 Å². The van der Waals surface area contributed by atoms with Crippen LogP contribution in [0.5, 0.6) is 5.75 Å². The van der Waals surface area contributed by atoms with Crippen LogP contribution in [0.4, 0.5) is 5.69 Å². The Morgan fingerprint density at radius 3 is 2.30 bits per heavy atom. The standard InChI is InChI=1S/C16H26N2O2/c1-4-12(2)17-7-9-18(10-8-17)14-5-6-15(13(3)19)16(20)11-14/h5-6,11-13,19-20H,4,7-10H2,1-3H3. The lowest BCUT2D eigenvalue weighted by atomic mass is 10.1. The quantitative estimate of drug-likeness (QED) is 0.887. The monoisotopic (exact) mass is 278 g/mol. The van der Waals surface area contributed by atoms with Gasteiger partial charge in [-0.15, -0.1) is 0 Å². The summed E-state index contributed by atoms with van der Waals surface area (Å²) in [6.45, 7) is 10.3. The van der Waals surface area contributed by atoms with Crippen LogP contribution in [0.1, 0.15) is 38.9 Å². The molecule has 2 N–H and O–H groups in total. The fourth-order valence-corrected chi connectivity index (χ4v) is 2.76. The molecule has 0 aliphatic carbocycles. The molecule has 0 radical (unpaired) electrons. The first kappa shape index (κ1) is 15.1. The maximum atomic E-state index is 9.97. The molecule has 0 aromatic heterocycles. The molecule has 0 spiro atoms. The predicted octanol–water partition coefficient (Wildman–Crippen LogP) is 2.37. The van der Waals surface area contributed by atoms with E-state index in [0.29, 0.717) is 11.6 Å². The molecular weight excluding hydrogens is 252 g/mol. The number of hydrogen-bond acceptors (Lipinski definition) is 4. The lowest BCUT2D eigenvalue weighted by molar-refractivity contribution is 0.192. The summed E-state index contributed by atoms with van der Waals surface area (Å²) >= 11 is 0. The first-order valence-electron chi connectivity index (χ1n) is 7.53. The Morgan fingerprint density at radius 1 is 1.15 bits per heavy atom. The minimum absolute atomic E-state index is 0.182. The summed E-state index contributed by atoms with van der Waals surface area (Å²) in [5.74, 6) is 0.182. The zero-order valence-electron chi connectivity index (χ0n) is 12.7. The highest BCUT2D eigenvalue weighted by atomic mass is 16.3. The molecule has 1 aromatic rings. The van der Waals surface area contributed by atoms with Gasteiger partial charge in [0.1, 0.15) is 5.75 Å². The molecule has 2 rings (SSSR count). The summed E-state index contributed by atoms with van der Waals surface area (Å²) < 4.78 is 0. The van der Waals surface area contributed by atoms with E-state index in [4.69, 9.17) is 0 Å². The second kappa shape index (κ2) is 6.46. The number of rotatable bonds is 4. The van der Waals surface area contributed by atoms with E-state index >= 15 is 0 Å². The third kappa shape index (κ3) is 3.25. The number of aromatic hydroxyl groups is 1. The maximum Gasteiger partial charge on any atom is 0.123 e. The van der Waals surface area contributed by atoms with Crippen LogP contribution in [0.15, 0.2) is 18.2 Å². The number of piperazine rings is 1. The van der Waals surface area contributed by atoms with Crippen molar-refractivity contribution in [3.05, 3.63) is 23.8 Å². The molecule has 1 saturated heterocycles. The second-order valence-corrected chi connectivity index (χ2v) is 5.70. The van der Waals surface area contributed by atoms with E-state index in [1.807, 2.05) is 12.1 Å². The minimum atomic E-state index is -0.633. The van der Waals surface area contributed by atoms with Crippen LogP contribution in [-0.2, 0) is 0 Å². The molecule has 1 fully saturated rings. The van der Waals surface area contributed by atoms with Crippen LogP contribution >= 0.6 is 0 Å². The second-order valence-electron chi connectivity index (χ2n) is 5.70. The number of aliphatic hydroxyl groups is 1. The zero-order chi connectivity index (χ0) is 14.7. The molecule has 1 heterocycles. The number of aliphatic hydroxyl groups excluding tert-OH is 1. The van der Waals surface area contributed by atoms with E-state index in [-0.39, 0.29) is 5.75 Å². The summed E-state index contributed by atoms with van der Waals surface area (Å²) in [6, 6.07) is 6.21. The van der Waals surface area contributed by atoms with E-state index in [2.05, 4.69) is 23.6 Å². The van der Waals surface area contributed by atoms with Crippen LogP contribution in [0, 0.1) is 0 Å². The Labute approximate surface area is 121 Å². The first-order valence-corrected chi connectivity index (χ1v) is 7.53. The number of hydrogen-bond donors (Lipinski definition) is 2. The molecule has 112 valence electrons. The van der Waals surface area contributed by atoms with Gasteiger partial charge >= 0.3 is 0 Å². The fourth-order valence-electron chi connectivity index (χ4n) is 2.76. The highest BCUT2D eigenvalue weighted by Crippen LogP contribution is 2.29. The Hall–Kier alpha value is -1.26. The van der Waals surface area contributed by atoms with Gasteiger partial charge in [-0.3, -0.25) is 4.90 Å². The van der Waals surface area contributed by atoms with Gasteiger partial charge in [0.2, 0.25) is 0 Å². The molecule has 1 aliphatic heterocycles. The van der Waals surface area contributed by atoms with E-state index in [1.165, 1.54) is 6.42 Å². The fraction of sp³-hybridized carbons (Fsp3) is 0.625. The van der Waals surface area contributed by atoms with Crippen molar-refractivity contribution >= 4 is 5.69 Å². The molecule has 1 aromatic carbocycles. The number of anilines is 1.